The minimum absolute atomic E-state index is 0.139. The summed E-state index contributed by atoms with van der Waals surface area (Å²) in [7, 11) is 0. The van der Waals surface area contributed by atoms with Crippen molar-refractivity contribution < 1.29 is 4.79 Å². The summed E-state index contributed by atoms with van der Waals surface area (Å²) < 4.78 is 0. The van der Waals surface area contributed by atoms with E-state index < -0.39 is 0 Å². The Labute approximate surface area is 85.6 Å². The molecule has 0 aromatic heterocycles. The van der Waals surface area contributed by atoms with Gasteiger partial charge in [-0.15, -0.1) is 0 Å². The second kappa shape index (κ2) is 3.23. The number of carbonyl (C=O) groups is 1. The molecule has 80 valence electrons. The van der Waals surface area contributed by atoms with Crippen LogP contribution in [0.25, 0.3) is 0 Å². The van der Waals surface area contributed by atoms with Crippen LogP contribution in [0.15, 0.2) is 0 Å². The summed E-state index contributed by atoms with van der Waals surface area (Å²) in [4.78, 5) is 11.0. The molecule has 0 aromatic carbocycles. The fourth-order valence-electron chi connectivity index (χ4n) is 2.42. The van der Waals surface area contributed by atoms with Crippen LogP contribution in [0, 0.1) is 5.41 Å². The first kappa shape index (κ1) is 9.97. The van der Waals surface area contributed by atoms with Crippen molar-refractivity contribution in [1.82, 2.24) is 10.6 Å². The molecule has 3 heteroatoms. The molecule has 0 atom stereocenters. The molecule has 1 heterocycles. The molecule has 1 aliphatic heterocycles. The Kier molecular flexibility index (Phi) is 2.30. The van der Waals surface area contributed by atoms with Gasteiger partial charge in [-0.1, -0.05) is 13.8 Å². The zero-order valence-corrected chi connectivity index (χ0v) is 9.15. The van der Waals surface area contributed by atoms with Gasteiger partial charge < -0.3 is 10.6 Å². The Bertz CT molecular complexity index is 226. The van der Waals surface area contributed by atoms with E-state index in [4.69, 9.17) is 0 Å². The molecule has 0 aromatic rings. The first-order valence-corrected chi connectivity index (χ1v) is 5.53. The summed E-state index contributed by atoms with van der Waals surface area (Å²) in [6.07, 6.45) is 4.91. The topological polar surface area (TPSA) is 41.1 Å². The van der Waals surface area contributed by atoms with Gasteiger partial charge in [0.1, 0.15) is 0 Å². The van der Waals surface area contributed by atoms with E-state index in [1.807, 2.05) is 0 Å². The molecule has 14 heavy (non-hydrogen) atoms. The van der Waals surface area contributed by atoms with Crippen molar-refractivity contribution in [3.63, 3.8) is 0 Å². The molecule has 1 aliphatic carbocycles. The highest BCUT2D eigenvalue weighted by Crippen LogP contribution is 2.40. The number of amides is 1. The number of rotatable bonds is 0. The third kappa shape index (κ3) is 1.92. The van der Waals surface area contributed by atoms with Crippen LogP contribution in [-0.2, 0) is 4.79 Å². The minimum atomic E-state index is 0.139. The number of nitrogens with one attached hydrogen (secondary N) is 2. The normalized spacial score (nSPS) is 30.0. The molecule has 2 aliphatic rings. The van der Waals surface area contributed by atoms with Gasteiger partial charge in [0.25, 0.3) is 0 Å². The Morgan fingerprint density at radius 2 is 1.79 bits per heavy atom. The van der Waals surface area contributed by atoms with E-state index in [0.717, 1.165) is 6.54 Å². The molecule has 0 unspecified atom stereocenters. The summed E-state index contributed by atoms with van der Waals surface area (Å²) in [5.74, 6) is 0.139. The maximum absolute atomic E-state index is 11.0. The summed E-state index contributed by atoms with van der Waals surface area (Å²) >= 11 is 0. The molecule has 1 saturated carbocycles. The van der Waals surface area contributed by atoms with Crippen molar-refractivity contribution in [2.24, 2.45) is 5.41 Å². The Balaban J connectivity index is 1.96. The first-order chi connectivity index (χ1) is 6.52. The van der Waals surface area contributed by atoms with Crippen LogP contribution in [0.5, 0.6) is 0 Å². The van der Waals surface area contributed by atoms with E-state index in [-0.39, 0.29) is 11.4 Å². The molecular formula is C11H20N2O. The van der Waals surface area contributed by atoms with E-state index in [1.54, 1.807) is 0 Å². The fraction of sp³-hybridized carbons (Fsp3) is 0.909. The van der Waals surface area contributed by atoms with Gasteiger partial charge in [-0.3, -0.25) is 4.79 Å². The zero-order valence-electron chi connectivity index (χ0n) is 9.15. The summed E-state index contributed by atoms with van der Waals surface area (Å²) in [5.41, 5.74) is 0.706. The third-order valence-electron chi connectivity index (χ3n) is 3.81. The van der Waals surface area contributed by atoms with Gasteiger partial charge in [0.05, 0.1) is 6.54 Å². The Morgan fingerprint density at radius 1 is 1.14 bits per heavy atom. The number of hydrogen-bond acceptors (Lipinski definition) is 2. The van der Waals surface area contributed by atoms with Gasteiger partial charge in [-0.25, -0.2) is 0 Å². The Morgan fingerprint density at radius 3 is 2.29 bits per heavy atom. The molecule has 2 N–H and O–H groups in total. The van der Waals surface area contributed by atoms with Crippen molar-refractivity contribution in [1.29, 1.82) is 0 Å². The maximum Gasteiger partial charge on any atom is 0.234 e. The third-order valence-corrected chi connectivity index (χ3v) is 3.81. The molecule has 1 spiro atoms. The fourth-order valence-corrected chi connectivity index (χ4v) is 2.42. The SMILES string of the molecule is CC1(C)CCC2(CC1)CNC(=O)CN2. The molecular weight excluding hydrogens is 176 g/mol. The van der Waals surface area contributed by atoms with Crippen molar-refractivity contribution in [2.75, 3.05) is 13.1 Å². The summed E-state index contributed by atoms with van der Waals surface area (Å²) in [6, 6.07) is 0. The number of carbonyl (C=O) groups excluding carboxylic acids is 1. The molecule has 2 fully saturated rings. The largest absolute Gasteiger partial charge is 0.353 e. The van der Waals surface area contributed by atoms with Gasteiger partial charge in [0.15, 0.2) is 0 Å². The predicted octanol–water partition coefficient (Wildman–Crippen LogP) is 1.04. The standard InChI is InChI=1S/C11H20N2O/c1-10(2)3-5-11(6-4-10)8-12-9(14)7-13-11/h13H,3-8H2,1-2H3,(H,12,14). The zero-order chi connectivity index (χ0) is 10.2. The molecule has 0 radical (unpaired) electrons. The van der Waals surface area contributed by atoms with E-state index in [9.17, 15) is 4.79 Å². The maximum atomic E-state index is 11.0. The van der Waals surface area contributed by atoms with Gasteiger partial charge in [0, 0.05) is 12.1 Å². The number of piperazine rings is 1. The number of hydrogen-bond donors (Lipinski definition) is 2. The predicted molar refractivity (Wildman–Crippen MR) is 56.0 cm³/mol. The summed E-state index contributed by atoms with van der Waals surface area (Å²) in [5, 5.41) is 6.38. The van der Waals surface area contributed by atoms with E-state index in [1.165, 1.54) is 25.7 Å². The molecule has 1 saturated heterocycles. The van der Waals surface area contributed by atoms with Crippen LogP contribution in [0.1, 0.15) is 39.5 Å². The lowest BCUT2D eigenvalue weighted by atomic mass is 9.69. The lowest BCUT2D eigenvalue weighted by molar-refractivity contribution is -0.123. The van der Waals surface area contributed by atoms with Crippen molar-refractivity contribution in [3.05, 3.63) is 0 Å². The average molecular weight is 196 g/mol. The van der Waals surface area contributed by atoms with Gasteiger partial charge in [-0.2, -0.15) is 0 Å². The molecule has 0 bridgehead atoms. The van der Waals surface area contributed by atoms with Crippen molar-refractivity contribution >= 4 is 5.91 Å². The molecule has 2 rings (SSSR count). The van der Waals surface area contributed by atoms with Crippen LogP contribution >= 0.6 is 0 Å². The first-order valence-electron chi connectivity index (χ1n) is 5.53. The van der Waals surface area contributed by atoms with E-state index >= 15 is 0 Å². The quantitative estimate of drug-likeness (QED) is 0.608. The van der Waals surface area contributed by atoms with Gasteiger partial charge in [0.2, 0.25) is 5.91 Å². The highest BCUT2D eigenvalue weighted by Gasteiger charge is 2.40. The minimum Gasteiger partial charge on any atom is -0.353 e. The monoisotopic (exact) mass is 196 g/mol. The Hall–Kier alpha value is -0.570. The highest BCUT2D eigenvalue weighted by molar-refractivity contribution is 5.79. The molecule has 3 nitrogen and oxygen atoms in total. The lowest BCUT2D eigenvalue weighted by Crippen LogP contribution is -2.62. The van der Waals surface area contributed by atoms with E-state index in [0.29, 0.717) is 12.0 Å². The van der Waals surface area contributed by atoms with E-state index in [2.05, 4.69) is 24.5 Å². The van der Waals surface area contributed by atoms with Crippen molar-refractivity contribution in [2.45, 2.75) is 45.1 Å². The van der Waals surface area contributed by atoms with Crippen LogP contribution in [0.3, 0.4) is 0 Å². The smallest absolute Gasteiger partial charge is 0.234 e. The second-order valence-electron chi connectivity index (χ2n) is 5.57. The van der Waals surface area contributed by atoms with Crippen LogP contribution in [0.4, 0.5) is 0 Å². The van der Waals surface area contributed by atoms with Crippen LogP contribution in [0.2, 0.25) is 0 Å². The van der Waals surface area contributed by atoms with Crippen LogP contribution in [-0.4, -0.2) is 24.5 Å². The highest BCUT2D eigenvalue weighted by atomic mass is 16.2. The summed E-state index contributed by atoms with van der Waals surface area (Å²) in [6.45, 7) is 5.99. The molecule has 1 amide bonds. The lowest BCUT2D eigenvalue weighted by Gasteiger charge is -2.46. The van der Waals surface area contributed by atoms with Gasteiger partial charge >= 0.3 is 0 Å². The van der Waals surface area contributed by atoms with Gasteiger partial charge in [-0.05, 0) is 31.1 Å². The van der Waals surface area contributed by atoms with Crippen LogP contribution < -0.4 is 10.6 Å². The van der Waals surface area contributed by atoms with Crippen molar-refractivity contribution in [3.8, 4) is 0 Å². The second-order valence-corrected chi connectivity index (χ2v) is 5.57. The average Bonchev–Trinajstić information content (AvgIpc) is 2.16.